The van der Waals surface area contributed by atoms with Crippen molar-refractivity contribution < 1.29 is 4.79 Å². The summed E-state index contributed by atoms with van der Waals surface area (Å²) < 4.78 is 2.79. The fraction of sp³-hybridized carbons (Fsp3) is 0.143. The molecule has 0 saturated heterocycles. The second-order valence-corrected chi connectivity index (χ2v) is 5.34. The summed E-state index contributed by atoms with van der Waals surface area (Å²) in [6.07, 6.45) is 1.50. The quantitative estimate of drug-likeness (QED) is 0.777. The molecule has 0 aliphatic heterocycles. The number of amides is 1. The largest absolute Gasteiger partial charge is 0.396 e. The van der Waals surface area contributed by atoms with Gasteiger partial charge in [0.25, 0.3) is 5.91 Å². The topological polar surface area (TPSA) is 72.9 Å². The van der Waals surface area contributed by atoms with Crippen molar-refractivity contribution in [3.05, 3.63) is 41.5 Å². The normalized spacial score (nSPS) is 10.8. The average Bonchev–Trinajstić information content (AvgIpc) is 3.04. The van der Waals surface area contributed by atoms with Gasteiger partial charge in [0.05, 0.1) is 11.9 Å². The molecule has 0 saturated carbocycles. The van der Waals surface area contributed by atoms with Crippen molar-refractivity contribution >= 4 is 38.7 Å². The molecule has 0 bridgehead atoms. The van der Waals surface area contributed by atoms with Crippen LogP contribution in [0.5, 0.6) is 0 Å². The average molecular weight is 286 g/mol. The van der Waals surface area contributed by atoms with Gasteiger partial charge in [0.15, 0.2) is 0 Å². The lowest BCUT2D eigenvalue weighted by Gasteiger charge is -2.08. The van der Waals surface area contributed by atoms with E-state index in [1.165, 1.54) is 10.9 Å². The Bertz CT molecular complexity index is 774. The number of nitrogen functional groups attached to an aromatic ring is 1. The van der Waals surface area contributed by atoms with Gasteiger partial charge in [-0.3, -0.25) is 9.48 Å². The predicted molar refractivity (Wildman–Crippen MR) is 82.1 cm³/mol. The molecule has 20 heavy (non-hydrogen) atoms. The fourth-order valence-corrected chi connectivity index (χ4v) is 2.89. The monoisotopic (exact) mass is 286 g/mol. The van der Waals surface area contributed by atoms with Gasteiger partial charge in [-0.2, -0.15) is 5.10 Å². The Morgan fingerprint density at radius 1 is 1.45 bits per heavy atom. The Morgan fingerprint density at radius 3 is 3.10 bits per heavy atom. The second-order valence-electron chi connectivity index (χ2n) is 4.39. The number of rotatable bonds is 3. The fourth-order valence-electron chi connectivity index (χ4n) is 2.12. The molecular weight excluding hydrogens is 272 g/mol. The Labute approximate surface area is 120 Å². The Hall–Kier alpha value is -2.34. The number of nitrogens with two attached hydrogens (primary N) is 1. The maximum Gasteiger partial charge on any atom is 0.276 e. The van der Waals surface area contributed by atoms with Crippen molar-refractivity contribution in [2.45, 2.75) is 13.5 Å². The molecule has 0 radical (unpaired) electrons. The molecule has 2 aromatic heterocycles. The first-order chi connectivity index (χ1) is 9.69. The van der Waals surface area contributed by atoms with Gasteiger partial charge in [0.2, 0.25) is 0 Å². The number of hydrogen-bond acceptors (Lipinski definition) is 4. The minimum atomic E-state index is -0.239. The standard InChI is InChI=1S/C14H14N4OS/c1-2-18-13(11(15)8-16-18)14(19)17-10-3-4-12-9(7-10)5-6-20-12/h3-8H,2,15H2,1H3,(H,17,19). The minimum absolute atomic E-state index is 0.239. The number of aromatic nitrogens is 2. The summed E-state index contributed by atoms with van der Waals surface area (Å²) in [6, 6.07) is 7.86. The maximum atomic E-state index is 12.3. The molecule has 1 aromatic carbocycles. The van der Waals surface area contributed by atoms with Crippen molar-refractivity contribution in [1.82, 2.24) is 9.78 Å². The van der Waals surface area contributed by atoms with Crippen molar-refractivity contribution in [3.8, 4) is 0 Å². The van der Waals surface area contributed by atoms with E-state index < -0.39 is 0 Å². The van der Waals surface area contributed by atoms with Gasteiger partial charge < -0.3 is 11.1 Å². The van der Waals surface area contributed by atoms with Crippen LogP contribution in [-0.2, 0) is 6.54 Å². The molecule has 6 heteroatoms. The zero-order chi connectivity index (χ0) is 14.1. The smallest absolute Gasteiger partial charge is 0.276 e. The number of nitrogens with zero attached hydrogens (tertiary/aromatic N) is 2. The number of nitrogens with one attached hydrogen (secondary N) is 1. The van der Waals surface area contributed by atoms with Gasteiger partial charge in [-0.1, -0.05) is 0 Å². The van der Waals surface area contributed by atoms with Crippen LogP contribution < -0.4 is 11.1 Å². The van der Waals surface area contributed by atoms with E-state index in [9.17, 15) is 4.79 Å². The van der Waals surface area contributed by atoms with Crippen LogP contribution in [0.25, 0.3) is 10.1 Å². The van der Waals surface area contributed by atoms with Crippen LogP contribution in [0.3, 0.4) is 0 Å². The molecule has 0 fully saturated rings. The highest BCUT2D eigenvalue weighted by molar-refractivity contribution is 7.17. The summed E-state index contributed by atoms with van der Waals surface area (Å²) in [5.41, 5.74) is 7.35. The number of hydrogen-bond donors (Lipinski definition) is 2. The molecule has 1 amide bonds. The van der Waals surface area contributed by atoms with Crippen molar-refractivity contribution in [3.63, 3.8) is 0 Å². The van der Waals surface area contributed by atoms with Crippen LogP contribution in [0.15, 0.2) is 35.8 Å². The van der Waals surface area contributed by atoms with E-state index in [0.29, 0.717) is 17.9 Å². The molecule has 3 aromatic rings. The number of fused-ring (bicyclic) bond motifs is 1. The predicted octanol–water partition coefficient (Wildman–Crippen LogP) is 2.95. The first kappa shape index (κ1) is 12.7. The zero-order valence-corrected chi connectivity index (χ0v) is 11.8. The molecule has 2 heterocycles. The molecule has 0 aliphatic carbocycles. The number of benzene rings is 1. The third-order valence-electron chi connectivity index (χ3n) is 3.09. The summed E-state index contributed by atoms with van der Waals surface area (Å²) in [5, 5.41) is 10.1. The SMILES string of the molecule is CCn1ncc(N)c1C(=O)Nc1ccc2sccc2c1. The molecule has 0 unspecified atom stereocenters. The van der Waals surface area contributed by atoms with Crippen LogP contribution in [-0.4, -0.2) is 15.7 Å². The van der Waals surface area contributed by atoms with Gasteiger partial charge in [0.1, 0.15) is 5.69 Å². The molecule has 102 valence electrons. The first-order valence-corrected chi connectivity index (χ1v) is 7.17. The summed E-state index contributed by atoms with van der Waals surface area (Å²) in [7, 11) is 0. The lowest BCUT2D eigenvalue weighted by atomic mass is 10.2. The third kappa shape index (κ3) is 2.14. The van der Waals surface area contributed by atoms with Gasteiger partial charge in [-0.15, -0.1) is 11.3 Å². The Morgan fingerprint density at radius 2 is 2.30 bits per heavy atom. The van der Waals surface area contributed by atoms with Crippen molar-refractivity contribution in [2.24, 2.45) is 0 Å². The van der Waals surface area contributed by atoms with E-state index in [0.717, 1.165) is 11.1 Å². The van der Waals surface area contributed by atoms with Crippen molar-refractivity contribution in [1.29, 1.82) is 0 Å². The number of carbonyl (C=O) groups excluding carboxylic acids is 1. The van der Waals surface area contributed by atoms with E-state index in [1.54, 1.807) is 16.0 Å². The summed E-state index contributed by atoms with van der Waals surface area (Å²) in [4.78, 5) is 12.3. The molecule has 5 nitrogen and oxygen atoms in total. The summed E-state index contributed by atoms with van der Waals surface area (Å²) in [6.45, 7) is 2.52. The zero-order valence-electron chi connectivity index (χ0n) is 11.0. The highest BCUT2D eigenvalue weighted by Crippen LogP contribution is 2.24. The van der Waals surface area contributed by atoms with Crippen LogP contribution in [0, 0.1) is 0 Å². The highest BCUT2D eigenvalue weighted by atomic mass is 32.1. The van der Waals surface area contributed by atoms with Crippen LogP contribution in [0.4, 0.5) is 11.4 Å². The molecule has 0 aliphatic rings. The number of thiophene rings is 1. The minimum Gasteiger partial charge on any atom is -0.396 e. The van der Waals surface area contributed by atoms with Crippen LogP contribution in [0.1, 0.15) is 17.4 Å². The first-order valence-electron chi connectivity index (χ1n) is 6.29. The lowest BCUT2D eigenvalue weighted by Crippen LogP contribution is -2.18. The molecule has 3 N–H and O–H groups in total. The summed E-state index contributed by atoms with van der Waals surface area (Å²) in [5.74, 6) is -0.239. The molecule has 0 atom stereocenters. The lowest BCUT2D eigenvalue weighted by molar-refractivity contribution is 0.101. The number of carbonyl (C=O) groups is 1. The molecule has 3 rings (SSSR count). The highest BCUT2D eigenvalue weighted by Gasteiger charge is 2.16. The van der Waals surface area contributed by atoms with E-state index >= 15 is 0 Å². The van der Waals surface area contributed by atoms with E-state index in [-0.39, 0.29) is 5.91 Å². The van der Waals surface area contributed by atoms with Gasteiger partial charge >= 0.3 is 0 Å². The molecular formula is C14H14N4OS. The van der Waals surface area contributed by atoms with Crippen LogP contribution >= 0.6 is 11.3 Å². The second kappa shape index (κ2) is 4.97. The van der Waals surface area contributed by atoms with Gasteiger partial charge in [0, 0.05) is 16.9 Å². The number of anilines is 2. The van der Waals surface area contributed by atoms with Crippen LogP contribution in [0.2, 0.25) is 0 Å². The summed E-state index contributed by atoms with van der Waals surface area (Å²) >= 11 is 1.67. The third-order valence-corrected chi connectivity index (χ3v) is 3.99. The maximum absolute atomic E-state index is 12.3. The van der Waals surface area contributed by atoms with E-state index in [4.69, 9.17) is 5.73 Å². The van der Waals surface area contributed by atoms with Crippen molar-refractivity contribution in [2.75, 3.05) is 11.1 Å². The van der Waals surface area contributed by atoms with E-state index in [2.05, 4.69) is 10.4 Å². The van der Waals surface area contributed by atoms with E-state index in [1.807, 2.05) is 36.6 Å². The number of aryl methyl sites for hydroxylation is 1. The van der Waals surface area contributed by atoms with Gasteiger partial charge in [-0.05, 0) is 42.0 Å². The molecule has 0 spiro atoms. The Kier molecular flexibility index (Phi) is 3.15. The van der Waals surface area contributed by atoms with Gasteiger partial charge in [-0.25, -0.2) is 0 Å². The Balaban J connectivity index is 1.89.